The van der Waals surface area contributed by atoms with Crippen LogP contribution in [0.15, 0.2) is 12.7 Å². The molecule has 0 amide bonds. The van der Waals surface area contributed by atoms with Crippen LogP contribution in [0.2, 0.25) is 0 Å². The Morgan fingerprint density at radius 3 is 2.20 bits per heavy atom. The van der Waals surface area contributed by atoms with E-state index in [9.17, 15) is 5.11 Å². The topological polar surface area (TPSA) is 20.2 Å². The number of hydrogen-bond acceptors (Lipinski definition) is 1. The first kappa shape index (κ1) is 9.70. The Morgan fingerprint density at radius 2 is 1.90 bits per heavy atom. The Morgan fingerprint density at radius 1 is 1.40 bits per heavy atom. The Bertz CT molecular complexity index is 96.9. The van der Waals surface area contributed by atoms with Crippen molar-refractivity contribution in [2.45, 2.75) is 33.3 Å². The van der Waals surface area contributed by atoms with E-state index in [1.54, 1.807) is 0 Å². The van der Waals surface area contributed by atoms with Gasteiger partial charge in [-0.25, -0.2) is 0 Å². The molecule has 0 rings (SSSR count). The zero-order chi connectivity index (χ0) is 8.15. The van der Waals surface area contributed by atoms with Crippen LogP contribution in [0.25, 0.3) is 0 Å². The molecule has 10 heavy (non-hydrogen) atoms. The van der Waals surface area contributed by atoms with E-state index in [1.165, 1.54) is 0 Å². The van der Waals surface area contributed by atoms with Gasteiger partial charge >= 0.3 is 0 Å². The molecular weight excluding hydrogens is 124 g/mol. The molecular formula is C9H18O. The van der Waals surface area contributed by atoms with Crippen molar-refractivity contribution in [2.75, 3.05) is 0 Å². The van der Waals surface area contributed by atoms with E-state index in [2.05, 4.69) is 6.58 Å². The van der Waals surface area contributed by atoms with Crippen molar-refractivity contribution < 1.29 is 5.11 Å². The quantitative estimate of drug-likeness (QED) is 0.597. The Balaban J connectivity index is 3.68. The summed E-state index contributed by atoms with van der Waals surface area (Å²) in [7, 11) is 0. The lowest BCUT2D eigenvalue weighted by molar-refractivity contribution is 0.0736. The van der Waals surface area contributed by atoms with Crippen molar-refractivity contribution in [3.63, 3.8) is 0 Å². The number of allylic oxidation sites excluding steroid dienone is 1. The molecule has 0 saturated heterocycles. The largest absolute Gasteiger partial charge is 0.393 e. The summed E-state index contributed by atoms with van der Waals surface area (Å²) in [5.41, 5.74) is 0. The van der Waals surface area contributed by atoms with E-state index >= 15 is 0 Å². The van der Waals surface area contributed by atoms with E-state index in [-0.39, 0.29) is 6.10 Å². The van der Waals surface area contributed by atoms with Gasteiger partial charge in [-0.2, -0.15) is 0 Å². The van der Waals surface area contributed by atoms with Gasteiger partial charge < -0.3 is 5.11 Å². The van der Waals surface area contributed by atoms with E-state index in [0.717, 1.165) is 6.42 Å². The summed E-state index contributed by atoms with van der Waals surface area (Å²) in [4.78, 5) is 0. The van der Waals surface area contributed by atoms with Crippen molar-refractivity contribution in [3.05, 3.63) is 12.7 Å². The maximum atomic E-state index is 9.48. The van der Waals surface area contributed by atoms with Crippen molar-refractivity contribution in [1.29, 1.82) is 0 Å². The predicted octanol–water partition coefficient (Wildman–Crippen LogP) is 2.22. The van der Waals surface area contributed by atoms with Crippen molar-refractivity contribution in [3.8, 4) is 0 Å². The molecule has 0 fully saturated rings. The van der Waals surface area contributed by atoms with Crippen molar-refractivity contribution in [2.24, 2.45) is 11.8 Å². The summed E-state index contributed by atoms with van der Waals surface area (Å²) in [5.74, 6) is 0.701. The molecule has 60 valence electrons. The lowest BCUT2D eigenvalue weighted by Crippen LogP contribution is -2.22. The Hall–Kier alpha value is -0.300. The molecule has 0 aliphatic heterocycles. The molecule has 1 heteroatoms. The van der Waals surface area contributed by atoms with Gasteiger partial charge in [0.05, 0.1) is 6.10 Å². The third kappa shape index (κ3) is 3.02. The number of rotatable bonds is 4. The first-order chi connectivity index (χ1) is 4.59. The van der Waals surface area contributed by atoms with E-state index < -0.39 is 0 Å². The average molecular weight is 142 g/mol. The highest BCUT2D eigenvalue weighted by Gasteiger charge is 2.15. The molecule has 0 bridgehead atoms. The summed E-state index contributed by atoms with van der Waals surface area (Å²) in [5, 5.41) is 9.48. The van der Waals surface area contributed by atoms with Crippen molar-refractivity contribution >= 4 is 0 Å². The second-order valence-electron chi connectivity index (χ2n) is 3.24. The number of aliphatic hydroxyl groups excluding tert-OH is 1. The predicted molar refractivity (Wildman–Crippen MR) is 44.8 cm³/mol. The molecule has 0 aromatic heterocycles. The molecule has 0 aromatic rings. The molecule has 0 aliphatic rings. The smallest absolute Gasteiger partial charge is 0.0591 e. The maximum Gasteiger partial charge on any atom is 0.0591 e. The van der Waals surface area contributed by atoms with Crippen LogP contribution < -0.4 is 0 Å². The van der Waals surface area contributed by atoms with E-state index in [0.29, 0.717) is 11.8 Å². The summed E-state index contributed by atoms with van der Waals surface area (Å²) < 4.78 is 0. The summed E-state index contributed by atoms with van der Waals surface area (Å²) >= 11 is 0. The molecule has 0 aromatic carbocycles. The minimum Gasteiger partial charge on any atom is -0.393 e. The fourth-order valence-electron chi connectivity index (χ4n) is 1.06. The van der Waals surface area contributed by atoms with Gasteiger partial charge in [-0.05, 0) is 18.3 Å². The second-order valence-corrected chi connectivity index (χ2v) is 3.24. The fourth-order valence-corrected chi connectivity index (χ4v) is 1.06. The monoisotopic (exact) mass is 142 g/mol. The van der Waals surface area contributed by atoms with Crippen LogP contribution >= 0.6 is 0 Å². The second kappa shape index (κ2) is 4.51. The third-order valence-electron chi connectivity index (χ3n) is 1.80. The van der Waals surface area contributed by atoms with Crippen LogP contribution in [-0.2, 0) is 0 Å². The summed E-state index contributed by atoms with van der Waals surface area (Å²) in [6.07, 6.45) is 2.58. The molecule has 2 atom stereocenters. The number of hydrogen-bond donors (Lipinski definition) is 1. The molecule has 2 unspecified atom stereocenters. The van der Waals surface area contributed by atoms with Gasteiger partial charge in [0.2, 0.25) is 0 Å². The standard InChI is InChI=1S/C9H18O/c1-5-6-8(4)9(10)7(2)3/h5,7-10H,1,6H2,2-4H3. The normalized spacial score (nSPS) is 16.9. The minimum absolute atomic E-state index is 0.182. The van der Waals surface area contributed by atoms with E-state index in [1.807, 2.05) is 26.8 Å². The highest BCUT2D eigenvalue weighted by molar-refractivity contribution is 4.76. The third-order valence-corrected chi connectivity index (χ3v) is 1.80. The molecule has 0 saturated carbocycles. The fraction of sp³-hybridized carbons (Fsp3) is 0.778. The summed E-state index contributed by atoms with van der Waals surface area (Å²) in [6, 6.07) is 0. The van der Waals surface area contributed by atoms with Crippen LogP contribution in [0.3, 0.4) is 0 Å². The average Bonchev–Trinajstić information content (AvgIpc) is 1.87. The molecule has 1 N–H and O–H groups in total. The van der Waals surface area contributed by atoms with Crippen LogP contribution in [0, 0.1) is 11.8 Å². The molecule has 0 aliphatic carbocycles. The first-order valence-corrected chi connectivity index (χ1v) is 3.88. The van der Waals surface area contributed by atoms with E-state index in [4.69, 9.17) is 0 Å². The molecule has 0 heterocycles. The van der Waals surface area contributed by atoms with Gasteiger partial charge in [-0.15, -0.1) is 6.58 Å². The van der Waals surface area contributed by atoms with Gasteiger partial charge in [-0.3, -0.25) is 0 Å². The lowest BCUT2D eigenvalue weighted by Gasteiger charge is -2.20. The Kier molecular flexibility index (Phi) is 4.37. The van der Waals surface area contributed by atoms with Gasteiger partial charge in [0.15, 0.2) is 0 Å². The zero-order valence-corrected chi connectivity index (χ0v) is 7.17. The van der Waals surface area contributed by atoms with Crippen molar-refractivity contribution in [1.82, 2.24) is 0 Å². The Labute approximate surface area is 63.8 Å². The summed E-state index contributed by atoms with van der Waals surface area (Å²) in [6.45, 7) is 9.74. The SMILES string of the molecule is C=CCC(C)C(O)C(C)C. The van der Waals surface area contributed by atoms with Gasteiger partial charge in [0, 0.05) is 0 Å². The minimum atomic E-state index is -0.182. The number of aliphatic hydroxyl groups is 1. The molecule has 0 radical (unpaired) electrons. The maximum absolute atomic E-state index is 9.48. The first-order valence-electron chi connectivity index (χ1n) is 3.88. The van der Waals surface area contributed by atoms with Gasteiger partial charge in [-0.1, -0.05) is 26.8 Å². The highest BCUT2D eigenvalue weighted by atomic mass is 16.3. The van der Waals surface area contributed by atoms with Crippen LogP contribution in [0.4, 0.5) is 0 Å². The molecule has 1 nitrogen and oxygen atoms in total. The van der Waals surface area contributed by atoms with Crippen LogP contribution in [0.5, 0.6) is 0 Å². The van der Waals surface area contributed by atoms with Crippen LogP contribution in [0.1, 0.15) is 27.2 Å². The highest BCUT2D eigenvalue weighted by Crippen LogP contribution is 2.15. The molecule has 0 spiro atoms. The van der Waals surface area contributed by atoms with Gasteiger partial charge in [0.25, 0.3) is 0 Å². The lowest BCUT2D eigenvalue weighted by atomic mass is 9.92. The van der Waals surface area contributed by atoms with Crippen LogP contribution in [-0.4, -0.2) is 11.2 Å². The van der Waals surface area contributed by atoms with Gasteiger partial charge in [0.1, 0.15) is 0 Å². The zero-order valence-electron chi connectivity index (χ0n) is 7.17.